The Hall–Kier alpha value is -1.75. The fourth-order valence-corrected chi connectivity index (χ4v) is 2.08. The molecule has 1 rings (SSSR count). The van der Waals surface area contributed by atoms with Crippen molar-refractivity contribution in [3.05, 3.63) is 23.8 Å². The number of rotatable bonds is 8. The summed E-state index contributed by atoms with van der Waals surface area (Å²) in [7, 11) is 1.58. The molecule has 0 radical (unpaired) electrons. The largest absolute Gasteiger partial charge is 0.495 e. The minimum absolute atomic E-state index is 0.105. The van der Waals surface area contributed by atoms with Gasteiger partial charge in [-0.15, -0.1) is 0 Å². The molecule has 1 aromatic carbocycles. The first-order valence-corrected chi connectivity index (χ1v) is 6.88. The Labute approximate surface area is 120 Å². The van der Waals surface area contributed by atoms with Gasteiger partial charge in [0.2, 0.25) is 0 Å². The smallest absolute Gasteiger partial charge is 0.320 e. The SMILES string of the molecule is CCC(C)C(NCCc1ccc(OC)c(N)c1)C(=O)O. The quantitative estimate of drug-likeness (QED) is 0.633. The van der Waals surface area contributed by atoms with Gasteiger partial charge in [0.1, 0.15) is 11.8 Å². The lowest BCUT2D eigenvalue weighted by Crippen LogP contribution is -2.42. The van der Waals surface area contributed by atoms with Crippen LogP contribution < -0.4 is 15.8 Å². The minimum Gasteiger partial charge on any atom is -0.495 e. The zero-order valence-corrected chi connectivity index (χ0v) is 12.3. The minimum atomic E-state index is -0.798. The van der Waals surface area contributed by atoms with Crippen molar-refractivity contribution in [2.45, 2.75) is 32.7 Å². The summed E-state index contributed by atoms with van der Waals surface area (Å²) >= 11 is 0. The van der Waals surface area contributed by atoms with E-state index >= 15 is 0 Å². The monoisotopic (exact) mass is 280 g/mol. The number of benzene rings is 1. The summed E-state index contributed by atoms with van der Waals surface area (Å²) in [6.45, 7) is 4.54. The maximum Gasteiger partial charge on any atom is 0.320 e. The first kappa shape index (κ1) is 16.3. The molecule has 112 valence electrons. The lowest BCUT2D eigenvalue weighted by molar-refractivity contribution is -0.140. The Morgan fingerprint density at radius 1 is 1.50 bits per heavy atom. The lowest BCUT2D eigenvalue weighted by Gasteiger charge is -2.20. The number of ether oxygens (including phenoxy) is 1. The van der Waals surface area contributed by atoms with E-state index < -0.39 is 12.0 Å². The van der Waals surface area contributed by atoms with Gasteiger partial charge in [-0.2, -0.15) is 0 Å². The van der Waals surface area contributed by atoms with Crippen LogP contribution in [0.15, 0.2) is 18.2 Å². The number of carbonyl (C=O) groups is 1. The van der Waals surface area contributed by atoms with Crippen LogP contribution in [0.5, 0.6) is 5.75 Å². The molecule has 1 aromatic rings. The van der Waals surface area contributed by atoms with E-state index in [0.29, 0.717) is 18.0 Å². The van der Waals surface area contributed by atoms with E-state index in [1.165, 1.54) is 0 Å². The molecule has 2 unspecified atom stereocenters. The molecule has 0 aromatic heterocycles. The van der Waals surface area contributed by atoms with Gasteiger partial charge in [0.25, 0.3) is 0 Å². The first-order valence-electron chi connectivity index (χ1n) is 6.88. The number of hydrogen-bond donors (Lipinski definition) is 3. The predicted octanol–water partition coefficient (Wildman–Crippen LogP) is 1.91. The van der Waals surface area contributed by atoms with Crippen LogP contribution in [0.4, 0.5) is 5.69 Å². The van der Waals surface area contributed by atoms with Crippen molar-refractivity contribution in [2.75, 3.05) is 19.4 Å². The molecule has 20 heavy (non-hydrogen) atoms. The third kappa shape index (κ3) is 4.42. The van der Waals surface area contributed by atoms with E-state index in [9.17, 15) is 9.90 Å². The molecule has 0 fully saturated rings. The van der Waals surface area contributed by atoms with Gasteiger partial charge in [0, 0.05) is 0 Å². The Kier molecular flexibility index (Phi) is 6.31. The Balaban J connectivity index is 2.54. The molecule has 2 atom stereocenters. The molecule has 5 nitrogen and oxygen atoms in total. The van der Waals surface area contributed by atoms with Gasteiger partial charge in [-0.1, -0.05) is 26.3 Å². The number of aliphatic carboxylic acids is 1. The van der Waals surface area contributed by atoms with Crippen LogP contribution in [-0.4, -0.2) is 30.8 Å². The predicted molar refractivity (Wildman–Crippen MR) is 80.0 cm³/mol. The van der Waals surface area contributed by atoms with Gasteiger partial charge < -0.3 is 20.9 Å². The summed E-state index contributed by atoms with van der Waals surface area (Å²) in [6.07, 6.45) is 1.56. The number of methoxy groups -OCH3 is 1. The zero-order chi connectivity index (χ0) is 15.1. The summed E-state index contributed by atoms with van der Waals surface area (Å²) in [5, 5.41) is 12.3. The molecule has 0 amide bonds. The average molecular weight is 280 g/mol. The maximum absolute atomic E-state index is 11.2. The number of nitrogens with one attached hydrogen (secondary N) is 1. The average Bonchev–Trinajstić information content (AvgIpc) is 2.42. The van der Waals surface area contributed by atoms with Gasteiger partial charge in [-0.3, -0.25) is 4.79 Å². The summed E-state index contributed by atoms with van der Waals surface area (Å²) in [6, 6.07) is 5.12. The summed E-state index contributed by atoms with van der Waals surface area (Å²) < 4.78 is 5.10. The van der Waals surface area contributed by atoms with Crippen molar-refractivity contribution in [3.63, 3.8) is 0 Å². The highest BCUT2D eigenvalue weighted by molar-refractivity contribution is 5.73. The van der Waals surface area contributed by atoms with Crippen LogP contribution in [0.25, 0.3) is 0 Å². The maximum atomic E-state index is 11.2. The van der Waals surface area contributed by atoms with Gasteiger partial charge in [0.05, 0.1) is 12.8 Å². The number of hydrogen-bond acceptors (Lipinski definition) is 4. The van der Waals surface area contributed by atoms with Crippen LogP contribution in [0.2, 0.25) is 0 Å². The molecule has 5 heteroatoms. The summed E-state index contributed by atoms with van der Waals surface area (Å²) in [5.41, 5.74) is 7.50. The topological polar surface area (TPSA) is 84.6 Å². The van der Waals surface area contributed by atoms with E-state index in [1.54, 1.807) is 7.11 Å². The molecule has 0 bridgehead atoms. The Morgan fingerprint density at radius 3 is 2.70 bits per heavy atom. The van der Waals surface area contributed by atoms with Crippen LogP contribution in [0.3, 0.4) is 0 Å². The molecule has 0 aliphatic carbocycles. The lowest BCUT2D eigenvalue weighted by atomic mass is 9.99. The second kappa shape index (κ2) is 7.75. The molecular weight excluding hydrogens is 256 g/mol. The molecule has 0 aliphatic heterocycles. The highest BCUT2D eigenvalue weighted by atomic mass is 16.5. The van der Waals surface area contributed by atoms with Crippen LogP contribution in [-0.2, 0) is 11.2 Å². The number of carboxylic acid groups (broad SMARTS) is 1. The number of nitrogen functional groups attached to an aromatic ring is 1. The Bertz CT molecular complexity index is 449. The van der Waals surface area contributed by atoms with Gasteiger partial charge in [-0.05, 0) is 36.6 Å². The normalized spacial score (nSPS) is 13.8. The fourth-order valence-electron chi connectivity index (χ4n) is 2.08. The van der Waals surface area contributed by atoms with Crippen molar-refractivity contribution in [2.24, 2.45) is 5.92 Å². The highest BCUT2D eigenvalue weighted by Crippen LogP contribution is 2.22. The highest BCUT2D eigenvalue weighted by Gasteiger charge is 2.22. The van der Waals surface area contributed by atoms with Crippen molar-refractivity contribution in [1.29, 1.82) is 0 Å². The van der Waals surface area contributed by atoms with Crippen LogP contribution >= 0.6 is 0 Å². The van der Waals surface area contributed by atoms with Crippen molar-refractivity contribution in [3.8, 4) is 5.75 Å². The summed E-state index contributed by atoms with van der Waals surface area (Å²) in [4.78, 5) is 11.2. The van der Waals surface area contributed by atoms with Gasteiger partial charge >= 0.3 is 5.97 Å². The molecular formula is C15H24N2O3. The zero-order valence-electron chi connectivity index (χ0n) is 12.3. The third-order valence-electron chi connectivity index (χ3n) is 3.55. The number of anilines is 1. The number of nitrogens with two attached hydrogens (primary N) is 1. The van der Waals surface area contributed by atoms with E-state index in [-0.39, 0.29) is 5.92 Å². The van der Waals surface area contributed by atoms with E-state index in [1.807, 2.05) is 32.0 Å². The molecule has 0 heterocycles. The second-order valence-corrected chi connectivity index (χ2v) is 4.98. The van der Waals surface area contributed by atoms with Crippen molar-refractivity contribution in [1.82, 2.24) is 5.32 Å². The standard InChI is InChI=1S/C15H24N2O3/c1-4-10(2)14(15(18)19)17-8-7-11-5-6-13(20-3)12(16)9-11/h5-6,9-10,14,17H,4,7-8,16H2,1-3H3,(H,18,19). The first-order chi connectivity index (χ1) is 9.49. The molecule has 4 N–H and O–H groups in total. The van der Waals surface area contributed by atoms with Crippen LogP contribution in [0.1, 0.15) is 25.8 Å². The van der Waals surface area contributed by atoms with Crippen molar-refractivity contribution < 1.29 is 14.6 Å². The second-order valence-electron chi connectivity index (χ2n) is 4.98. The van der Waals surface area contributed by atoms with E-state index in [0.717, 1.165) is 18.4 Å². The molecule has 0 saturated heterocycles. The van der Waals surface area contributed by atoms with Crippen LogP contribution in [0, 0.1) is 5.92 Å². The van der Waals surface area contributed by atoms with E-state index in [4.69, 9.17) is 10.5 Å². The molecule has 0 aliphatic rings. The van der Waals surface area contributed by atoms with E-state index in [2.05, 4.69) is 5.32 Å². The number of carboxylic acids is 1. The third-order valence-corrected chi connectivity index (χ3v) is 3.55. The van der Waals surface area contributed by atoms with Gasteiger partial charge in [0.15, 0.2) is 0 Å². The summed E-state index contributed by atoms with van der Waals surface area (Å²) in [5.74, 6) is -0.0354. The fraction of sp³-hybridized carbons (Fsp3) is 0.533. The molecule has 0 spiro atoms. The molecule has 0 saturated carbocycles. The van der Waals surface area contributed by atoms with Crippen molar-refractivity contribution >= 4 is 11.7 Å². The Morgan fingerprint density at radius 2 is 2.20 bits per heavy atom. The van der Waals surface area contributed by atoms with Gasteiger partial charge in [-0.25, -0.2) is 0 Å².